The number of phenols is 1. The maximum atomic E-state index is 12.9. The lowest BCUT2D eigenvalue weighted by atomic mass is 9.50. The Bertz CT molecular complexity index is 828. The summed E-state index contributed by atoms with van der Waals surface area (Å²) in [7, 11) is 0. The van der Waals surface area contributed by atoms with Crippen LogP contribution in [0.5, 0.6) is 11.5 Å². The van der Waals surface area contributed by atoms with Gasteiger partial charge in [0.1, 0.15) is 0 Å². The van der Waals surface area contributed by atoms with Gasteiger partial charge in [-0.1, -0.05) is 25.3 Å². The normalized spacial score (nSPS) is 41.7. The number of aliphatic hydroxyl groups is 1. The van der Waals surface area contributed by atoms with Gasteiger partial charge in [-0.05, 0) is 67.9 Å². The van der Waals surface area contributed by atoms with Gasteiger partial charge in [0, 0.05) is 12.0 Å². The molecule has 1 heterocycles. The number of Topliss-reactive ketones (excluding diaryl/α,β-unsaturated/α-hetero) is 1. The first-order chi connectivity index (χ1) is 13.0. The van der Waals surface area contributed by atoms with Crippen LogP contribution in [0.2, 0.25) is 0 Å². The van der Waals surface area contributed by atoms with Crippen molar-refractivity contribution in [1.82, 2.24) is 0 Å². The Morgan fingerprint density at radius 3 is 2.81 bits per heavy atom. The standard InChI is InChI=1S/C23H28O4/c24-17-8-7-16-14(6-5-13-3-4-13)12-15-2-1-10-22-19(16)20(17)27-21(22)18(25)9-11-23(15,22)26/h7-8,13-15,21,24,26H,1-6,9-12H2/t14?,15-,21-,22-,23+/m0/s1. The van der Waals surface area contributed by atoms with Crippen LogP contribution < -0.4 is 4.74 Å². The number of hydrogen-bond donors (Lipinski definition) is 2. The van der Waals surface area contributed by atoms with E-state index < -0.39 is 17.1 Å². The third-order valence-electron chi connectivity index (χ3n) is 8.54. The highest BCUT2D eigenvalue weighted by Gasteiger charge is 2.71. The zero-order chi connectivity index (χ0) is 18.4. The lowest BCUT2D eigenvalue weighted by molar-refractivity contribution is -0.173. The van der Waals surface area contributed by atoms with Gasteiger partial charge in [-0.15, -0.1) is 0 Å². The first kappa shape index (κ1) is 16.4. The summed E-state index contributed by atoms with van der Waals surface area (Å²) in [6, 6.07) is 3.80. The van der Waals surface area contributed by atoms with E-state index in [1.165, 1.54) is 24.8 Å². The molecule has 27 heavy (non-hydrogen) atoms. The fourth-order valence-electron chi connectivity index (χ4n) is 7.12. The number of carbonyl (C=O) groups is 1. The van der Waals surface area contributed by atoms with Crippen molar-refractivity contribution in [2.24, 2.45) is 11.8 Å². The van der Waals surface area contributed by atoms with Crippen LogP contribution in [0.25, 0.3) is 0 Å². The van der Waals surface area contributed by atoms with Gasteiger partial charge >= 0.3 is 0 Å². The SMILES string of the molecule is O=C1CC[C@@]2(O)[C@H]3CCC[C@@]24c2c(ccc(O)c2O[C@@H]14)C(CCC1CC1)C3. The fraction of sp³-hybridized carbons (Fsp3) is 0.696. The van der Waals surface area contributed by atoms with Gasteiger partial charge in [0.15, 0.2) is 23.4 Å². The van der Waals surface area contributed by atoms with Crippen LogP contribution in [0.3, 0.4) is 0 Å². The van der Waals surface area contributed by atoms with E-state index in [2.05, 4.69) is 6.07 Å². The first-order valence-corrected chi connectivity index (χ1v) is 10.8. The number of carbonyl (C=O) groups excluding carboxylic acids is 1. The summed E-state index contributed by atoms with van der Waals surface area (Å²) >= 11 is 0. The molecule has 5 atom stereocenters. The Kier molecular flexibility index (Phi) is 3.21. The largest absolute Gasteiger partial charge is 0.504 e. The van der Waals surface area contributed by atoms with E-state index in [4.69, 9.17) is 4.74 Å². The highest BCUT2D eigenvalue weighted by molar-refractivity contribution is 5.89. The number of aromatic hydroxyl groups is 1. The number of benzene rings is 1. The second kappa shape index (κ2) is 5.28. The van der Waals surface area contributed by atoms with Gasteiger partial charge in [-0.3, -0.25) is 4.79 Å². The van der Waals surface area contributed by atoms with E-state index in [1.54, 1.807) is 6.07 Å². The molecule has 2 N–H and O–H groups in total. The number of ketones is 1. The highest BCUT2D eigenvalue weighted by atomic mass is 16.5. The molecule has 4 nitrogen and oxygen atoms in total. The molecule has 0 radical (unpaired) electrons. The first-order valence-electron chi connectivity index (χ1n) is 10.8. The molecule has 6 rings (SSSR count). The monoisotopic (exact) mass is 368 g/mol. The second-order valence-electron chi connectivity index (χ2n) is 9.78. The summed E-state index contributed by atoms with van der Waals surface area (Å²) in [5.41, 5.74) is 0.698. The van der Waals surface area contributed by atoms with Crippen LogP contribution in [0.1, 0.15) is 81.3 Å². The van der Waals surface area contributed by atoms with Crippen molar-refractivity contribution in [3.63, 3.8) is 0 Å². The van der Waals surface area contributed by atoms with E-state index in [1.807, 2.05) is 0 Å². The van der Waals surface area contributed by atoms with Crippen molar-refractivity contribution in [2.75, 3.05) is 0 Å². The molecule has 4 aliphatic carbocycles. The third kappa shape index (κ3) is 1.95. The van der Waals surface area contributed by atoms with Gasteiger partial charge in [0.05, 0.1) is 11.0 Å². The van der Waals surface area contributed by atoms with E-state index in [-0.39, 0.29) is 17.5 Å². The van der Waals surface area contributed by atoms with Crippen molar-refractivity contribution in [2.45, 2.75) is 87.2 Å². The van der Waals surface area contributed by atoms with E-state index >= 15 is 0 Å². The van der Waals surface area contributed by atoms with Crippen LogP contribution in [0, 0.1) is 11.8 Å². The van der Waals surface area contributed by atoms with Gasteiger partial charge < -0.3 is 14.9 Å². The van der Waals surface area contributed by atoms with Crippen molar-refractivity contribution in [3.05, 3.63) is 23.3 Å². The van der Waals surface area contributed by atoms with Crippen molar-refractivity contribution >= 4 is 5.78 Å². The maximum Gasteiger partial charge on any atom is 0.174 e. The molecule has 3 saturated carbocycles. The zero-order valence-corrected chi connectivity index (χ0v) is 15.7. The number of phenolic OH excluding ortho intramolecular Hbond substituents is 1. The highest BCUT2D eigenvalue weighted by Crippen LogP contribution is 2.67. The van der Waals surface area contributed by atoms with Crippen LogP contribution >= 0.6 is 0 Å². The molecule has 1 aliphatic heterocycles. The summed E-state index contributed by atoms with van der Waals surface area (Å²) in [5.74, 6) is 2.20. The summed E-state index contributed by atoms with van der Waals surface area (Å²) in [6.45, 7) is 0. The molecule has 1 aromatic carbocycles. The zero-order valence-electron chi connectivity index (χ0n) is 15.7. The van der Waals surface area contributed by atoms with Gasteiger partial charge in [0.25, 0.3) is 0 Å². The Balaban J connectivity index is 1.58. The Morgan fingerprint density at radius 1 is 1.15 bits per heavy atom. The molecule has 0 amide bonds. The third-order valence-corrected chi connectivity index (χ3v) is 8.54. The van der Waals surface area contributed by atoms with E-state index in [9.17, 15) is 15.0 Å². The Labute approximate surface area is 159 Å². The van der Waals surface area contributed by atoms with Crippen LogP contribution in [0.4, 0.5) is 0 Å². The summed E-state index contributed by atoms with van der Waals surface area (Å²) in [4.78, 5) is 12.9. The molecule has 1 unspecified atom stereocenters. The topological polar surface area (TPSA) is 66.8 Å². The molecular weight excluding hydrogens is 340 g/mol. The van der Waals surface area contributed by atoms with Gasteiger partial charge in [0.2, 0.25) is 0 Å². The molecular formula is C23H28O4. The smallest absolute Gasteiger partial charge is 0.174 e. The number of hydrogen-bond acceptors (Lipinski definition) is 4. The van der Waals surface area contributed by atoms with Crippen LogP contribution in [-0.4, -0.2) is 27.7 Å². The second-order valence-corrected chi connectivity index (χ2v) is 9.78. The molecule has 4 heteroatoms. The number of ether oxygens (including phenoxy) is 1. The predicted octanol–water partition coefficient (Wildman–Crippen LogP) is 3.96. The average molecular weight is 368 g/mol. The average Bonchev–Trinajstić information content (AvgIpc) is 3.41. The van der Waals surface area contributed by atoms with Crippen molar-refractivity contribution in [3.8, 4) is 11.5 Å². The molecule has 3 fully saturated rings. The summed E-state index contributed by atoms with van der Waals surface area (Å²) in [5, 5.41) is 22.7. The van der Waals surface area contributed by atoms with Crippen LogP contribution in [-0.2, 0) is 10.2 Å². The van der Waals surface area contributed by atoms with Crippen molar-refractivity contribution < 1.29 is 19.7 Å². The molecule has 144 valence electrons. The summed E-state index contributed by atoms with van der Waals surface area (Å²) in [6.07, 6.45) is 9.26. The Hall–Kier alpha value is -1.55. The predicted molar refractivity (Wildman–Crippen MR) is 100 cm³/mol. The van der Waals surface area contributed by atoms with Crippen molar-refractivity contribution in [1.29, 1.82) is 0 Å². The Morgan fingerprint density at radius 2 is 2.00 bits per heavy atom. The minimum absolute atomic E-state index is 0.0957. The summed E-state index contributed by atoms with van der Waals surface area (Å²) < 4.78 is 6.17. The minimum atomic E-state index is -0.883. The molecule has 1 spiro atoms. The molecule has 0 saturated heterocycles. The van der Waals surface area contributed by atoms with Gasteiger partial charge in [-0.25, -0.2) is 0 Å². The minimum Gasteiger partial charge on any atom is -0.504 e. The maximum absolute atomic E-state index is 12.9. The molecule has 5 aliphatic rings. The van der Waals surface area contributed by atoms with E-state index in [0.717, 1.165) is 43.6 Å². The lowest BCUT2D eigenvalue weighted by Crippen LogP contribution is -2.67. The number of rotatable bonds is 3. The molecule has 0 aromatic heterocycles. The van der Waals surface area contributed by atoms with Crippen LogP contribution in [0.15, 0.2) is 12.1 Å². The lowest BCUT2D eigenvalue weighted by Gasteiger charge is -2.56. The quantitative estimate of drug-likeness (QED) is 0.847. The fourth-order valence-corrected chi connectivity index (χ4v) is 7.12. The molecule has 2 bridgehead atoms. The van der Waals surface area contributed by atoms with Gasteiger partial charge in [-0.2, -0.15) is 0 Å². The van der Waals surface area contributed by atoms with E-state index in [0.29, 0.717) is 24.5 Å². The molecule has 1 aromatic rings.